The first kappa shape index (κ1) is 29.2. The minimum absolute atomic E-state index is 0.218. The second kappa shape index (κ2) is 11.6. The van der Waals surface area contributed by atoms with Crippen molar-refractivity contribution in [2.24, 2.45) is 0 Å². The Balaban J connectivity index is 1.59. The Labute approximate surface area is 267 Å². The maximum atomic E-state index is 7.06. The molecule has 6 rings (SSSR count). The summed E-state index contributed by atoms with van der Waals surface area (Å²) in [6, 6.07) is 37.6. The molecule has 0 fully saturated rings. The van der Waals surface area contributed by atoms with Crippen LogP contribution in [0.5, 0.6) is 0 Å². The van der Waals surface area contributed by atoms with Crippen LogP contribution in [0.3, 0.4) is 0 Å². The lowest BCUT2D eigenvalue weighted by molar-refractivity contribution is -0.151. The van der Waals surface area contributed by atoms with Gasteiger partial charge < -0.3 is 9.64 Å². The van der Waals surface area contributed by atoms with Gasteiger partial charge in [-0.15, -0.1) is 0 Å². The fraction of sp³-hybridized carbons (Fsp3) is 0.263. The van der Waals surface area contributed by atoms with Crippen molar-refractivity contribution in [1.29, 1.82) is 0 Å². The van der Waals surface area contributed by atoms with Crippen LogP contribution in [-0.2, 0) is 15.9 Å². The van der Waals surface area contributed by atoms with Gasteiger partial charge in [0.1, 0.15) is 0 Å². The number of halogens is 2. The van der Waals surface area contributed by atoms with Crippen molar-refractivity contribution in [2.75, 3.05) is 4.90 Å². The predicted molar refractivity (Wildman–Crippen MR) is 185 cm³/mol. The zero-order valence-electron chi connectivity index (χ0n) is 24.8. The predicted octanol–water partition coefficient (Wildman–Crippen LogP) is 12.6. The molecular formula is C38H37Br2NO. The number of hydrogen-bond acceptors (Lipinski definition) is 2. The molecule has 1 heterocycles. The highest BCUT2D eigenvalue weighted by molar-refractivity contribution is 9.10. The van der Waals surface area contributed by atoms with Gasteiger partial charge in [0.05, 0.1) is 11.2 Å². The van der Waals surface area contributed by atoms with E-state index in [1.54, 1.807) is 0 Å². The molecule has 1 aliphatic rings. The summed E-state index contributed by atoms with van der Waals surface area (Å²) >= 11 is 7.24. The van der Waals surface area contributed by atoms with Gasteiger partial charge in [0.2, 0.25) is 0 Å². The Kier molecular flexibility index (Phi) is 8.08. The maximum absolute atomic E-state index is 7.06. The number of anilines is 3. The lowest BCUT2D eigenvalue weighted by atomic mass is 9.81. The van der Waals surface area contributed by atoms with Gasteiger partial charge >= 0.3 is 0 Å². The molecule has 0 saturated carbocycles. The topological polar surface area (TPSA) is 12.5 Å². The Hall–Kier alpha value is -2.92. The molecule has 0 unspecified atom stereocenters. The summed E-state index contributed by atoms with van der Waals surface area (Å²) in [7, 11) is 0. The molecule has 5 aromatic carbocycles. The number of rotatable bonds is 8. The Morgan fingerprint density at radius 3 is 1.69 bits per heavy atom. The number of nitrogens with zero attached hydrogens (tertiary/aromatic N) is 1. The van der Waals surface area contributed by atoms with E-state index in [9.17, 15) is 0 Å². The van der Waals surface area contributed by atoms with E-state index in [1.807, 2.05) is 0 Å². The average Bonchev–Trinajstić information content (AvgIpc) is 3.32. The Morgan fingerprint density at radius 1 is 0.571 bits per heavy atom. The van der Waals surface area contributed by atoms with Crippen molar-refractivity contribution >= 4 is 59.7 Å². The molecule has 5 aromatic rings. The van der Waals surface area contributed by atoms with Crippen LogP contribution in [0.2, 0.25) is 0 Å². The van der Waals surface area contributed by atoms with Gasteiger partial charge in [-0.3, -0.25) is 0 Å². The van der Waals surface area contributed by atoms with Crippen LogP contribution >= 0.6 is 31.9 Å². The third-order valence-electron chi connectivity index (χ3n) is 9.26. The van der Waals surface area contributed by atoms with Gasteiger partial charge in [-0.25, -0.2) is 0 Å². The van der Waals surface area contributed by atoms with Gasteiger partial charge in [-0.05, 0) is 125 Å². The smallest absolute Gasteiger partial charge is 0.0942 e. The third-order valence-corrected chi connectivity index (χ3v) is 10.3. The highest BCUT2D eigenvalue weighted by Gasteiger charge is 2.49. The van der Waals surface area contributed by atoms with Crippen molar-refractivity contribution in [3.8, 4) is 11.1 Å². The molecule has 0 radical (unpaired) electrons. The van der Waals surface area contributed by atoms with E-state index in [0.29, 0.717) is 0 Å². The fourth-order valence-corrected chi connectivity index (χ4v) is 7.34. The highest BCUT2D eigenvalue weighted by atomic mass is 79.9. The number of ether oxygens (including phenoxy) is 1. The molecule has 0 N–H and O–H groups in total. The molecule has 0 amide bonds. The second-order valence-corrected chi connectivity index (χ2v) is 13.1. The van der Waals surface area contributed by atoms with E-state index in [1.165, 1.54) is 33.0 Å². The van der Waals surface area contributed by atoms with Gasteiger partial charge in [0, 0.05) is 26.0 Å². The minimum atomic E-state index is -0.258. The standard InChI is InChI=1S/C38H37Br2NO/c1-5-37(6-2)35-22-13-27(24-36(35)38(7-3,8-4)42-37)34-25-32(23-26-11-9-10-12-33(26)34)41(30-18-14-28(39)15-19-30)31-20-16-29(40)17-21-31/h9-25H,5-8H2,1-4H3. The van der Waals surface area contributed by atoms with E-state index in [2.05, 4.69) is 168 Å². The molecule has 0 atom stereocenters. The van der Waals surface area contributed by atoms with Gasteiger partial charge in [-0.2, -0.15) is 0 Å². The molecule has 0 aliphatic carbocycles. The largest absolute Gasteiger partial charge is 0.359 e. The van der Waals surface area contributed by atoms with Crippen LogP contribution in [-0.4, -0.2) is 0 Å². The zero-order chi connectivity index (χ0) is 29.5. The molecule has 42 heavy (non-hydrogen) atoms. The Morgan fingerprint density at radius 2 is 1.12 bits per heavy atom. The van der Waals surface area contributed by atoms with Crippen LogP contribution in [0.1, 0.15) is 64.5 Å². The Bertz CT molecular complexity index is 1670. The second-order valence-electron chi connectivity index (χ2n) is 11.3. The van der Waals surface area contributed by atoms with Gasteiger partial charge in [0.25, 0.3) is 0 Å². The van der Waals surface area contributed by atoms with Crippen LogP contribution in [0, 0.1) is 0 Å². The molecule has 4 heteroatoms. The van der Waals surface area contributed by atoms with E-state index in [4.69, 9.17) is 4.74 Å². The SMILES string of the molecule is CCC1(CC)OC(CC)(CC)c2cc(-c3cc(N(c4ccc(Br)cc4)c4ccc(Br)cc4)cc4ccccc34)ccc21. The summed E-state index contributed by atoms with van der Waals surface area (Å²) in [5.74, 6) is 0. The monoisotopic (exact) mass is 681 g/mol. The molecule has 0 bridgehead atoms. The fourth-order valence-electron chi connectivity index (χ4n) is 6.81. The summed E-state index contributed by atoms with van der Waals surface area (Å²) in [4.78, 5) is 2.34. The molecule has 0 saturated heterocycles. The van der Waals surface area contributed by atoms with Crippen molar-refractivity contribution in [2.45, 2.75) is 64.6 Å². The van der Waals surface area contributed by atoms with Crippen molar-refractivity contribution in [3.63, 3.8) is 0 Å². The zero-order valence-corrected chi connectivity index (χ0v) is 27.9. The lowest BCUT2D eigenvalue weighted by Crippen LogP contribution is -2.31. The molecule has 0 aromatic heterocycles. The van der Waals surface area contributed by atoms with E-state index in [0.717, 1.165) is 51.7 Å². The summed E-state index contributed by atoms with van der Waals surface area (Å²) in [6.07, 6.45) is 3.88. The first-order valence-corrected chi connectivity index (χ1v) is 16.6. The lowest BCUT2D eigenvalue weighted by Gasteiger charge is -2.34. The number of hydrogen-bond donors (Lipinski definition) is 0. The van der Waals surface area contributed by atoms with Crippen LogP contribution in [0.15, 0.2) is 112 Å². The molecule has 0 spiro atoms. The minimum Gasteiger partial charge on any atom is -0.359 e. The normalized spacial score (nSPS) is 15.1. The third kappa shape index (κ3) is 4.92. The van der Waals surface area contributed by atoms with E-state index >= 15 is 0 Å². The van der Waals surface area contributed by atoms with E-state index in [-0.39, 0.29) is 11.2 Å². The van der Waals surface area contributed by atoms with Crippen molar-refractivity contribution < 1.29 is 4.74 Å². The van der Waals surface area contributed by atoms with Gasteiger partial charge in [0.15, 0.2) is 0 Å². The van der Waals surface area contributed by atoms with Crippen molar-refractivity contribution in [3.05, 3.63) is 123 Å². The maximum Gasteiger partial charge on any atom is 0.0942 e. The summed E-state index contributed by atoms with van der Waals surface area (Å²) in [6.45, 7) is 9.06. The van der Waals surface area contributed by atoms with Crippen LogP contribution < -0.4 is 4.90 Å². The van der Waals surface area contributed by atoms with Crippen molar-refractivity contribution in [1.82, 2.24) is 0 Å². The molecular weight excluding hydrogens is 646 g/mol. The van der Waals surface area contributed by atoms with Gasteiger partial charge in [-0.1, -0.05) is 96.0 Å². The van der Waals surface area contributed by atoms with Crippen LogP contribution in [0.4, 0.5) is 17.1 Å². The molecule has 1 aliphatic heterocycles. The quantitative estimate of drug-likeness (QED) is 0.161. The van der Waals surface area contributed by atoms with Crippen LogP contribution in [0.25, 0.3) is 21.9 Å². The summed E-state index contributed by atoms with van der Waals surface area (Å²) in [5.41, 5.74) is 8.06. The van der Waals surface area contributed by atoms with E-state index < -0.39 is 0 Å². The average molecular weight is 684 g/mol. The first-order chi connectivity index (χ1) is 20.4. The summed E-state index contributed by atoms with van der Waals surface area (Å²) in [5, 5.41) is 2.47. The highest BCUT2D eigenvalue weighted by Crippen LogP contribution is 2.54. The molecule has 214 valence electrons. The number of fused-ring (bicyclic) bond motifs is 2. The summed E-state index contributed by atoms with van der Waals surface area (Å²) < 4.78 is 9.19. The first-order valence-electron chi connectivity index (χ1n) is 15.1. The number of benzene rings is 5. The molecule has 2 nitrogen and oxygen atoms in total.